The van der Waals surface area contributed by atoms with Crippen LogP contribution in [0.5, 0.6) is 11.5 Å². The highest BCUT2D eigenvalue weighted by Gasteiger charge is 2.30. The van der Waals surface area contributed by atoms with E-state index in [0.29, 0.717) is 37.3 Å². The number of nitrogens with one attached hydrogen (secondary N) is 5. The number of amides is 3. The van der Waals surface area contributed by atoms with Crippen LogP contribution in [0.2, 0.25) is 0 Å². The molecule has 0 aromatic heterocycles. The lowest BCUT2D eigenvalue weighted by molar-refractivity contribution is -0.149. The van der Waals surface area contributed by atoms with Gasteiger partial charge in [0, 0.05) is 17.7 Å². The molecule has 14 heteroatoms. The maximum atomic E-state index is 14.0. The normalized spacial score (nSPS) is 12.4. The summed E-state index contributed by atoms with van der Waals surface area (Å²) in [6.07, 6.45) is 3.36. The number of esters is 1. The Bertz CT molecular complexity index is 2300. The molecule has 0 unspecified atom stereocenters. The average molecular weight is 830 g/mol. The maximum absolute atomic E-state index is 14.0. The van der Waals surface area contributed by atoms with Crippen LogP contribution in [0, 0.1) is 5.41 Å². The molecular formula is C47H55N7O7. The Morgan fingerprint density at radius 2 is 1.30 bits per heavy atom. The van der Waals surface area contributed by atoms with Gasteiger partial charge >= 0.3 is 5.97 Å². The number of rotatable bonds is 23. The Labute approximate surface area is 355 Å². The van der Waals surface area contributed by atoms with E-state index in [9.17, 15) is 19.2 Å². The van der Waals surface area contributed by atoms with Crippen LogP contribution >= 0.6 is 0 Å². The lowest BCUT2D eigenvalue weighted by Gasteiger charge is -2.25. The van der Waals surface area contributed by atoms with Gasteiger partial charge in [-0.15, -0.1) is 6.58 Å². The highest BCUT2D eigenvalue weighted by Crippen LogP contribution is 2.45. The van der Waals surface area contributed by atoms with Gasteiger partial charge in [-0.1, -0.05) is 97.1 Å². The van der Waals surface area contributed by atoms with Crippen molar-refractivity contribution in [1.82, 2.24) is 21.3 Å². The van der Waals surface area contributed by atoms with E-state index in [2.05, 4.69) is 27.8 Å². The lowest BCUT2D eigenvalue weighted by Crippen LogP contribution is -2.56. The first kappa shape index (κ1) is 45.2. The molecule has 0 fully saturated rings. The summed E-state index contributed by atoms with van der Waals surface area (Å²) in [5, 5.41) is 22.3. The Hall–Kier alpha value is -6.93. The second-order valence-electron chi connectivity index (χ2n) is 14.4. The Balaban J connectivity index is 1.34. The number of carbonyl (C=O) groups is 4. The van der Waals surface area contributed by atoms with Crippen LogP contribution in [0.1, 0.15) is 44.1 Å². The van der Waals surface area contributed by atoms with Crippen molar-refractivity contribution in [3.05, 3.63) is 121 Å². The van der Waals surface area contributed by atoms with E-state index < -0.39 is 48.4 Å². The minimum atomic E-state index is -1.13. The fourth-order valence-corrected chi connectivity index (χ4v) is 7.00. The first-order valence-corrected chi connectivity index (χ1v) is 20.3. The molecule has 5 aromatic carbocycles. The van der Waals surface area contributed by atoms with Gasteiger partial charge in [-0.3, -0.25) is 19.8 Å². The van der Waals surface area contributed by atoms with Crippen molar-refractivity contribution in [2.75, 3.05) is 26.8 Å². The smallest absolute Gasteiger partial charge is 0.329 e. The van der Waals surface area contributed by atoms with Crippen molar-refractivity contribution in [3.8, 4) is 22.6 Å². The summed E-state index contributed by atoms with van der Waals surface area (Å²) in [4.78, 5) is 54.7. The molecule has 0 saturated heterocycles. The molecule has 0 aliphatic rings. The summed E-state index contributed by atoms with van der Waals surface area (Å²) in [7, 11) is 1.61. The van der Waals surface area contributed by atoms with Gasteiger partial charge < -0.3 is 46.9 Å². The van der Waals surface area contributed by atoms with E-state index in [0.717, 1.165) is 38.2 Å². The van der Waals surface area contributed by atoms with Crippen LogP contribution in [-0.4, -0.2) is 74.6 Å². The molecule has 0 spiro atoms. The van der Waals surface area contributed by atoms with Crippen LogP contribution in [0.15, 0.2) is 116 Å². The molecule has 3 amide bonds. The van der Waals surface area contributed by atoms with Crippen molar-refractivity contribution in [1.29, 1.82) is 5.41 Å². The number of carbonyl (C=O) groups excluding carboxylic acids is 4. The minimum Gasteiger partial charge on any atom is -0.496 e. The van der Waals surface area contributed by atoms with Crippen LogP contribution in [-0.2, 0) is 30.5 Å². The second-order valence-corrected chi connectivity index (χ2v) is 14.4. The molecule has 0 aliphatic heterocycles. The van der Waals surface area contributed by atoms with Crippen LogP contribution in [0.3, 0.4) is 0 Å². The van der Waals surface area contributed by atoms with E-state index >= 15 is 0 Å². The molecule has 9 N–H and O–H groups in total. The number of ether oxygens (including phenoxy) is 3. The fourth-order valence-electron chi connectivity index (χ4n) is 7.00. The van der Waals surface area contributed by atoms with E-state index in [1.165, 1.54) is 6.08 Å². The van der Waals surface area contributed by atoms with E-state index in [1.807, 2.05) is 103 Å². The third kappa shape index (κ3) is 12.8. The summed E-state index contributed by atoms with van der Waals surface area (Å²) in [6.45, 7) is 3.94. The van der Waals surface area contributed by atoms with Crippen molar-refractivity contribution >= 4 is 51.2 Å². The van der Waals surface area contributed by atoms with Crippen LogP contribution in [0.25, 0.3) is 32.7 Å². The van der Waals surface area contributed by atoms with Crippen LogP contribution in [0.4, 0.5) is 0 Å². The third-order valence-electron chi connectivity index (χ3n) is 10.1. The molecule has 0 saturated carbocycles. The summed E-state index contributed by atoms with van der Waals surface area (Å²) < 4.78 is 17.6. The molecular weight excluding hydrogens is 775 g/mol. The highest BCUT2D eigenvalue weighted by molar-refractivity contribution is 6.10. The number of methoxy groups -OCH3 is 1. The van der Waals surface area contributed by atoms with Crippen molar-refractivity contribution in [2.45, 2.75) is 63.3 Å². The minimum absolute atomic E-state index is 0.00743. The Morgan fingerprint density at radius 3 is 1.92 bits per heavy atom. The zero-order chi connectivity index (χ0) is 43.6. The Kier molecular flexibility index (Phi) is 17.0. The van der Waals surface area contributed by atoms with Gasteiger partial charge in [0.1, 0.15) is 36.2 Å². The molecule has 320 valence electrons. The summed E-state index contributed by atoms with van der Waals surface area (Å²) in [5.74, 6) is -1.63. The number of hydrogen-bond acceptors (Lipinski definition) is 9. The zero-order valence-corrected chi connectivity index (χ0v) is 34.4. The van der Waals surface area contributed by atoms with Gasteiger partial charge in [0.05, 0.1) is 7.11 Å². The number of fused-ring (bicyclic) bond motifs is 2. The predicted molar refractivity (Wildman–Crippen MR) is 238 cm³/mol. The summed E-state index contributed by atoms with van der Waals surface area (Å²) in [5.41, 5.74) is 13.6. The molecule has 0 aliphatic carbocycles. The van der Waals surface area contributed by atoms with Crippen molar-refractivity contribution in [3.63, 3.8) is 0 Å². The molecule has 3 atom stereocenters. The standard InChI is InChI=1S/C47H55N7O7/c1-3-14-38(46(58)61-29-31-15-5-4-6-16-31)54-45(57)37(22-13-28-51-47(49)50)53-44(56)36(21-11-12-27-48)52-41(55)30-60-40-26-24-33-18-8-10-20-35(33)43(40)42-34-19-9-7-17-32(34)23-25-39(42)59-2/h3-10,15-20,23-26,36-38H,1,11-14,21-22,27-30,48H2,2H3,(H,52,55)(H,53,56)(H,54,57)(H4,49,50,51)/t36-,37-,38+/m1/s1. The summed E-state index contributed by atoms with van der Waals surface area (Å²) >= 11 is 0. The van der Waals surface area contributed by atoms with E-state index in [-0.39, 0.29) is 38.4 Å². The molecule has 0 radical (unpaired) electrons. The van der Waals surface area contributed by atoms with E-state index in [1.54, 1.807) is 7.11 Å². The van der Waals surface area contributed by atoms with E-state index in [4.69, 9.17) is 31.1 Å². The number of unbranched alkanes of at least 4 members (excludes halogenated alkanes) is 1. The molecule has 14 nitrogen and oxygen atoms in total. The molecule has 5 aromatic rings. The SMILES string of the molecule is C=CC[C@H](NC(=O)[C@@H](CCCNC(=N)N)NC(=O)[C@@H](CCCCN)NC(=O)COc1ccc2ccccc2c1-c1c(OC)ccc2ccccc12)C(=O)OCc1ccccc1. The number of hydrogen-bond donors (Lipinski definition) is 7. The molecule has 5 rings (SSSR count). The van der Waals surface area contributed by atoms with Gasteiger partial charge in [0.15, 0.2) is 12.6 Å². The maximum Gasteiger partial charge on any atom is 0.329 e. The number of guanidine groups is 1. The monoisotopic (exact) mass is 829 g/mol. The first-order valence-electron chi connectivity index (χ1n) is 20.3. The highest BCUT2D eigenvalue weighted by atomic mass is 16.5. The van der Waals surface area contributed by atoms with Crippen molar-refractivity contribution < 1.29 is 33.4 Å². The number of nitrogens with two attached hydrogens (primary N) is 2. The third-order valence-corrected chi connectivity index (χ3v) is 10.1. The van der Waals surface area contributed by atoms with Gasteiger partial charge in [0.2, 0.25) is 11.8 Å². The second kappa shape index (κ2) is 23.0. The van der Waals surface area contributed by atoms with Gasteiger partial charge in [-0.05, 0) is 84.3 Å². The number of benzene rings is 5. The van der Waals surface area contributed by atoms with Gasteiger partial charge in [0.25, 0.3) is 5.91 Å². The zero-order valence-electron chi connectivity index (χ0n) is 34.4. The fraction of sp³-hybridized carbons (Fsp3) is 0.298. The molecule has 0 heterocycles. The van der Waals surface area contributed by atoms with Crippen molar-refractivity contribution in [2.24, 2.45) is 11.5 Å². The average Bonchev–Trinajstić information content (AvgIpc) is 3.27. The largest absolute Gasteiger partial charge is 0.496 e. The predicted octanol–water partition coefficient (Wildman–Crippen LogP) is 5.21. The van der Waals surface area contributed by atoms with Crippen LogP contribution < -0.4 is 42.2 Å². The quantitative estimate of drug-likeness (QED) is 0.0150. The molecule has 0 bridgehead atoms. The van der Waals surface area contributed by atoms with Gasteiger partial charge in [-0.25, -0.2) is 4.79 Å². The first-order chi connectivity index (χ1) is 29.6. The topological polar surface area (TPSA) is 220 Å². The molecule has 61 heavy (non-hydrogen) atoms. The van der Waals surface area contributed by atoms with Gasteiger partial charge in [-0.2, -0.15) is 0 Å². The summed E-state index contributed by atoms with van der Waals surface area (Å²) in [6, 6.07) is 29.4. The Morgan fingerprint density at radius 1 is 0.721 bits per heavy atom. The lowest BCUT2D eigenvalue weighted by atomic mass is 9.92.